The number of likely N-dealkylation sites (tertiary alicyclic amines) is 1. The summed E-state index contributed by atoms with van der Waals surface area (Å²) < 4.78 is 5.34. The molecule has 0 N–H and O–H groups in total. The fourth-order valence-corrected chi connectivity index (χ4v) is 2.70. The number of carbonyl (C=O) groups excluding carboxylic acids is 2. The minimum Gasteiger partial charge on any atom is -0.444 e. The van der Waals surface area contributed by atoms with Gasteiger partial charge < -0.3 is 14.4 Å². The summed E-state index contributed by atoms with van der Waals surface area (Å²) in [6.07, 6.45) is 2.58. The van der Waals surface area contributed by atoms with E-state index in [2.05, 4.69) is 0 Å². The van der Waals surface area contributed by atoms with E-state index in [-0.39, 0.29) is 18.1 Å². The summed E-state index contributed by atoms with van der Waals surface area (Å²) in [6, 6.07) is 0.218. The number of aldehydes is 1. The van der Waals surface area contributed by atoms with E-state index in [1.54, 1.807) is 4.90 Å². The van der Waals surface area contributed by atoms with Gasteiger partial charge in [0.05, 0.1) is 0 Å². The van der Waals surface area contributed by atoms with Gasteiger partial charge in [0.25, 0.3) is 0 Å². The third-order valence-corrected chi connectivity index (χ3v) is 3.40. The number of hydrogen-bond acceptors (Lipinski definition) is 3. The van der Waals surface area contributed by atoms with E-state index in [1.807, 2.05) is 20.8 Å². The molecule has 0 aromatic carbocycles. The van der Waals surface area contributed by atoms with Crippen molar-refractivity contribution in [2.75, 3.05) is 6.54 Å². The predicted molar refractivity (Wildman–Crippen MR) is 59.0 cm³/mol. The summed E-state index contributed by atoms with van der Waals surface area (Å²) in [5, 5.41) is 0. The zero-order valence-electron chi connectivity index (χ0n) is 10.1. The van der Waals surface area contributed by atoms with E-state index in [4.69, 9.17) is 4.74 Å². The number of nitrogens with zero attached hydrogens (tertiary/aromatic N) is 1. The van der Waals surface area contributed by atoms with Crippen LogP contribution in [-0.4, -0.2) is 35.5 Å². The Bertz CT molecular complexity index is 308. The van der Waals surface area contributed by atoms with E-state index < -0.39 is 5.60 Å². The molecule has 2 fully saturated rings. The van der Waals surface area contributed by atoms with Crippen LogP contribution in [0.3, 0.4) is 0 Å². The molecule has 2 aliphatic rings. The molecule has 1 saturated carbocycles. The van der Waals surface area contributed by atoms with Gasteiger partial charge in [0.1, 0.15) is 11.9 Å². The Labute approximate surface area is 95.9 Å². The Morgan fingerprint density at radius 3 is 2.50 bits per heavy atom. The smallest absolute Gasteiger partial charge is 0.410 e. The van der Waals surface area contributed by atoms with Crippen molar-refractivity contribution < 1.29 is 14.3 Å². The maximum atomic E-state index is 11.9. The first-order valence-corrected chi connectivity index (χ1v) is 5.85. The summed E-state index contributed by atoms with van der Waals surface area (Å²) in [7, 11) is 0. The number of carbonyl (C=O) groups is 2. The summed E-state index contributed by atoms with van der Waals surface area (Å²) >= 11 is 0. The lowest BCUT2D eigenvalue weighted by Crippen LogP contribution is -2.43. The molecule has 0 aromatic rings. The van der Waals surface area contributed by atoms with Gasteiger partial charge in [-0.1, -0.05) is 0 Å². The van der Waals surface area contributed by atoms with Crippen LogP contribution in [0.15, 0.2) is 0 Å². The van der Waals surface area contributed by atoms with Crippen molar-refractivity contribution >= 4 is 12.4 Å². The maximum Gasteiger partial charge on any atom is 0.410 e. The van der Waals surface area contributed by atoms with Gasteiger partial charge in [-0.2, -0.15) is 0 Å². The van der Waals surface area contributed by atoms with Gasteiger partial charge in [-0.15, -0.1) is 0 Å². The largest absolute Gasteiger partial charge is 0.444 e. The van der Waals surface area contributed by atoms with Crippen LogP contribution in [0.2, 0.25) is 0 Å². The molecule has 1 aliphatic carbocycles. The highest BCUT2D eigenvalue weighted by Gasteiger charge is 2.47. The lowest BCUT2D eigenvalue weighted by Gasteiger charge is -2.31. The second kappa shape index (κ2) is 3.75. The molecule has 16 heavy (non-hydrogen) atoms. The molecule has 1 aliphatic heterocycles. The number of amides is 1. The van der Waals surface area contributed by atoms with Crippen LogP contribution in [-0.2, 0) is 9.53 Å². The van der Waals surface area contributed by atoms with Crippen molar-refractivity contribution in [3.63, 3.8) is 0 Å². The molecule has 3 unspecified atom stereocenters. The lowest BCUT2D eigenvalue weighted by atomic mass is 9.96. The third-order valence-electron chi connectivity index (χ3n) is 3.40. The van der Waals surface area contributed by atoms with Crippen molar-refractivity contribution in [2.24, 2.45) is 11.8 Å². The van der Waals surface area contributed by atoms with Crippen molar-refractivity contribution in [3.05, 3.63) is 0 Å². The average molecular weight is 225 g/mol. The fraction of sp³-hybridized carbons (Fsp3) is 0.833. The zero-order valence-corrected chi connectivity index (χ0v) is 10.1. The van der Waals surface area contributed by atoms with E-state index in [0.29, 0.717) is 12.5 Å². The standard InChI is InChI=1S/C12H19NO3/c1-12(2,3)16-11(15)13-6-8-4-10(13)5-9(8)7-14/h7-10H,4-6H2,1-3H3. The Morgan fingerprint density at radius 1 is 1.38 bits per heavy atom. The van der Waals surface area contributed by atoms with Crippen LogP contribution < -0.4 is 0 Å². The highest BCUT2D eigenvalue weighted by atomic mass is 16.6. The second-order valence-corrected chi connectivity index (χ2v) is 5.82. The van der Waals surface area contributed by atoms with Crippen LogP contribution in [0.4, 0.5) is 4.79 Å². The van der Waals surface area contributed by atoms with E-state index >= 15 is 0 Å². The average Bonchev–Trinajstić information content (AvgIpc) is 2.72. The lowest BCUT2D eigenvalue weighted by molar-refractivity contribution is -0.112. The number of ether oxygens (including phenoxy) is 1. The van der Waals surface area contributed by atoms with Crippen molar-refractivity contribution in [1.82, 2.24) is 4.90 Å². The number of rotatable bonds is 1. The number of hydrogen-bond donors (Lipinski definition) is 0. The monoisotopic (exact) mass is 225 g/mol. The van der Waals surface area contributed by atoms with E-state index in [0.717, 1.165) is 19.1 Å². The van der Waals surface area contributed by atoms with Gasteiger partial charge in [-0.3, -0.25) is 0 Å². The molecule has 90 valence electrons. The molecule has 0 aromatic heterocycles. The van der Waals surface area contributed by atoms with Gasteiger partial charge in [0.15, 0.2) is 0 Å². The van der Waals surface area contributed by atoms with Crippen molar-refractivity contribution in [1.29, 1.82) is 0 Å². The molecule has 2 rings (SSSR count). The highest BCUT2D eigenvalue weighted by Crippen LogP contribution is 2.41. The summed E-state index contributed by atoms with van der Waals surface area (Å²) in [5.41, 5.74) is -0.441. The van der Waals surface area contributed by atoms with Crippen molar-refractivity contribution in [2.45, 2.75) is 45.3 Å². The quantitative estimate of drug-likeness (QED) is 0.640. The van der Waals surface area contributed by atoms with Gasteiger partial charge in [-0.05, 0) is 39.5 Å². The second-order valence-electron chi connectivity index (χ2n) is 5.82. The highest BCUT2D eigenvalue weighted by molar-refractivity contribution is 5.70. The normalized spacial score (nSPS) is 32.9. The van der Waals surface area contributed by atoms with Crippen LogP contribution in [0, 0.1) is 11.8 Å². The fourth-order valence-electron chi connectivity index (χ4n) is 2.70. The molecule has 2 bridgehead atoms. The Morgan fingerprint density at radius 2 is 2.06 bits per heavy atom. The maximum absolute atomic E-state index is 11.9. The Kier molecular flexibility index (Phi) is 2.68. The Balaban J connectivity index is 1.95. The molecule has 4 heteroatoms. The van der Waals surface area contributed by atoms with Gasteiger partial charge in [0, 0.05) is 18.5 Å². The molecule has 1 heterocycles. The SMILES string of the molecule is CC(C)(C)OC(=O)N1CC2CC1CC2C=O. The minimum atomic E-state index is -0.441. The summed E-state index contributed by atoms with van der Waals surface area (Å²) in [4.78, 5) is 24.4. The molecular weight excluding hydrogens is 206 g/mol. The summed E-state index contributed by atoms with van der Waals surface area (Å²) in [5.74, 6) is 0.513. The van der Waals surface area contributed by atoms with Gasteiger partial charge in [0.2, 0.25) is 0 Å². The van der Waals surface area contributed by atoms with E-state index in [9.17, 15) is 9.59 Å². The summed E-state index contributed by atoms with van der Waals surface area (Å²) in [6.45, 7) is 6.29. The molecule has 4 nitrogen and oxygen atoms in total. The molecular formula is C12H19NO3. The topological polar surface area (TPSA) is 46.6 Å². The van der Waals surface area contributed by atoms with Crippen LogP contribution in [0.25, 0.3) is 0 Å². The molecule has 0 spiro atoms. The number of fused-ring (bicyclic) bond motifs is 2. The van der Waals surface area contributed by atoms with Crippen molar-refractivity contribution in [3.8, 4) is 0 Å². The van der Waals surface area contributed by atoms with E-state index in [1.165, 1.54) is 0 Å². The zero-order chi connectivity index (χ0) is 11.9. The first kappa shape index (κ1) is 11.4. The molecule has 0 radical (unpaired) electrons. The Hall–Kier alpha value is -1.06. The van der Waals surface area contributed by atoms with Gasteiger partial charge in [-0.25, -0.2) is 4.79 Å². The molecule has 3 atom stereocenters. The predicted octanol–water partition coefficient (Wildman–Crippen LogP) is 1.83. The minimum absolute atomic E-state index is 0.156. The third kappa shape index (κ3) is 2.06. The first-order chi connectivity index (χ1) is 7.40. The number of piperidine rings is 1. The van der Waals surface area contributed by atoms with Crippen LogP contribution in [0.1, 0.15) is 33.6 Å². The molecule has 1 amide bonds. The first-order valence-electron chi connectivity index (χ1n) is 5.85. The van der Waals surface area contributed by atoms with Crippen LogP contribution in [0.5, 0.6) is 0 Å². The van der Waals surface area contributed by atoms with Gasteiger partial charge >= 0.3 is 6.09 Å². The molecule has 1 saturated heterocycles. The van der Waals surface area contributed by atoms with Crippen LogP contribution >= 0.6 is 0 Å².